The van der Waals surface area contributed by atoms with Crippen LogP contribution in [0.3, 0.4) is 0 Å². The molecule has 1 spiro atoms. The van der Waals surface area contributed by atoms with E-state index in [0.717, 1.165) is 22.2 Å². The van der Waals surface area contributed by atoms with Gasteiger partial charge in [-0.25, -0.2) is 4.98 Å². The van der Waals surface area contributed by atoms with Gasteiger partial charge in [0.25, 0.3) is 0 Å². The molecule has 252 valence electrons. The first-order chi connectivity index (χ1) is 24.9. The number of esters is 1. The lowest BCUT2D eigenvalue weighted by Gasteiger charge is -2.46. The van der Waals surface area contributed by atoms with Crippen molar-refractivity contribution in [2.75, 3.05) is 5.32 Å². The number of nitrogens with one attached hydrogen (secondary N) is 3. The minimum Gasteiger partial charge on any atom is -0.508 e. The number of phenols is 1. The summed E-state index contributed by atoms with van der Waals surface area (Å²) in [5.41, 5.74) is 3.51. The van der Waals surface area contributed by atoms with Gasteiger partial charge in [-0.3, -0.25) is 19.3 Å². The summed E-state index contributed by atoms with van der Waals surface area (Å²) in [5.74, 6) is -2.11. The highest BCUT2D eigenvalue weighted by Gasteiger charge is 2.73. The third-order valence-corrected chi connectivity index (χ3v) is 10.6. The van der Waals surface area contributed by atoms with Crippen LogP contribution in [0.4, 0.5) is 5.69 Å². The van der Waals surface area contributed by atoms with Gasteiger partial charge in [-0.05, 0) is 52.6 Å². The van der Waals surface area contributed by atoms with Crippen LogP contribution in [0.25, 0.3) is 11.0 Å². The zero-order valence-electron chi connectivity index (χ0n) is 27.3. The van der Waals surface area contributed by atoms with Gasteiger partial charge in [-0.15, -0.1) is 0 Å². The first-order valence-electron chi connectivity index (χ1n) is 16.9. The molecule has 6 atom stereocenters. The highest BCUT2D eigenvalue weighted by molar-refractivity contribution is 6.12. The van der Waals surface area contributed by atoms with Crippen molar-refractivity contribution < 1.29 is 24.2 Å². The summed E-state index contributed by atoms with van der Waals surface area (Å²) >= 11 is 0. The Bertz CT molecular complexity index is 2260. The minimum atomic E-state index is -1.58. The molecular formula is C41H33N5O5. The molecule has 5 aromatic carbocycles. The van der Waals surface area contributed by atoms with E-state index in [0.29, 0.717) is 22.6 Å². The molecule has 3 aliphatic heterocycles. The number of cyclic esters (lactones) is 1. The van der Waals surface area contributed by atoms with Gasteiger partial charge in [0.05, 0.1) is 35.6 Å². The lowest BCUT2D eigenvalue weighted by atomic mass is 9.65. The number of carbonyl (C=O) groups is 3. The highest BCUT2D eigenvalue weighted by Crippen LogP contribution is 2.64. The predicted molar refractivity (Wildman–Crippen MR) is 189 cm³/mol. The molecule has 2 saturated heterocycles. The summed E-state index contributed by atoms with van der Waals surface area (Å²) < 4.78 is 6.41. The standard InChI is InChI=1S/C41H33N5O5/c47-27-21-19-26(20-22-27)37-41(28-15-7-8-16-29(28)45-40(41)50)33(38(48)42-23-32-43-30-17-9-10-18-31(30)44-32)35-39(49)51-36(25-13-5-2-6-14-25)34(46(35)37)24-11-3-1-4-12-24/h1-22,33-37,47H,23H2,(H,42,48)(H,43,44)(H,45,50). The van der Waals surface area contributed by atoms with E-state index in [2.05, 4.69) is 20.6 Å². The number of nitrogens with zero attached hydrogens (tertiary/aromatic N) is 2. The molecule has 1 aromatic heterocycles. The van der Waals surface area contributed by atoms with Crippen LogP contribution in [-0.2, 0) is 31.1 Å². The highest BCUT2D eigenvalue weighted by atomic mass is 16.6. The van der Waals surface area contributed by atoms with E-state index in [9.17, 15) is 19.5 Å². The number of aromatic hydroxyl groups is 1. The molecule has 2 amide bonds. The van der Waals surface area contributed by atoms with Crippen LogP contribution < -0.4 is 10.6 Å². The summed E-state index contributed by atoms with van der Waals surface area (Å²) in [4.78, 5) is 54.5. The van der Waals surface area contributed by atoms with Crippen LogP contribution in [0.2, 0.25) is 0 Å². The van der Waals surface area contributed by atoms with E-state index in [4.69, 9.17) is 4.74 Å². The van der Waals surface area contributed by atoms with Gasteiger partial charge in [-0.1, -0.05) is 103 Å². The van der Waals surface area contributed by atoms with Crippen LogP contribution in [-0.4, -0.2) is 43.8 Å². The number of amides is 2. The Balaban J connectivity index is 1.27. The number of ether oxygens (including phenoxy) is 1. The number of rotatable bonds is 6. The number of para-hydroxylation sites is 3. The third-order valence-electron chi connectivity index (χ3n) is 10.6. The number of aromatic nitrogens is 2. The molecule has 0 aliphatic carbocycles. The number of morpholine rings is 1. The summed E-state index contributed by atoms with van der Waals surface area (Å²) in [6.45, 7) is 0.0454. The van der Waals surface area contributed by atoms with Crippen LogP contribution >= 0.6 is 0 Å². The Morgan fingerprint density at radius 1 is 0.784 bits per heavy atom. The van der Waals surface area contributed by atoms with Crippen LogP contribution in [0.15, 0.2) is 133 Å². The average molecular weight is 676 g/mol. The summed E-state index contributed by atoms with van der Waals surface area (Å²) in [7, 11) is 0. The predicted octanol–water partition coefficient (Wildman–Crippen LogP) is 5.86. The number of H-pyrrole nitrogens is 1. The van der Waals surface area contributed by atoms with Crippen molar-refractivity contribution in [2.24, 2.45) is 5.92 Å². The van der Waals surface area contributed by atoms with Gasteiger partial charge in [0.15, 0.2) is 0 Å². The topological polar surface area (TPSA) is 137 Å². The number of carbonyl (C=O) groups excluding carboxylic acids is 3. The molecule has 0 saturated carbocycles. The third kappa shape index (κ3) is 4.74. The Labute approximate surface area is 293 Å². The van der Waals surface area contributed by atoms with Crippen LogP contribution in [0.1, 0.15) is 46.3 Å². The average Bonchev–Trinajstić information content (AvgIpc) is 3.82. The van der Waals surface area contributed by atoms with E-state index >= 15 is 0 Å². The molecule has 3 aliphatic rings. The van der Waals surface area contributed by atoms with Gasteiger partial charge >= 0.3 is 5.97 Å². The molecular weight excluding hydrogens is 642 g/mol. The Kier molecular flexibility index (Phi) is 7.22. The van der Waals surface area contributed by atoms with Crippen molar-refractivity contribution in [1.29, 1.82) is 0 Å². The number of fused-ring (bicyclic) bond motifs is 4. The van der Waals surface area contributed by atoms with Crippen LogP contribution in [0.5, 0.6) is 5.75 Å². The monoisotopic (exact) mass is 675 g/mol. The SMILES string of the molecule is O=C1OC(c2ccccc2)C(c2ccccc2)N2C1C(C(=O)NCc1nc3ccccc3[nH]1)C1(C(=O)Nc3ccccc31)C2c1ccc(O)cc1. The van der Waals surface area contributed by atoms with E-state index in [1.807, 2.05) is 114 Å². The smallest absolute Gasteiger partial charge is 0.324 e. The van der Waals surface area contributed by atoms with Gasteiger partial charge in [0, 0.05) is 5.69 Å². The van der Waals surface area contributed by atoms with Gasteiger partial charge in [-0.2, -0.15) is 0 Å². The van der Waals surface area contributed by atoms with Gasteiger partial charge < -0.3 is 25.5 Å². The van der Waals surface area contributed by atoms with Crippen molar-refractivity contribution in [2.45, 2.75) is 36.2 Å². The Morgan fingerprint density at radius 3 is 2.20 bits per heavy atom. The molecule has 6 aromatic rings. The molecule has 2 fully saturated rings. The number of hydrogen-bond donors (Lipinski definition) is 4. The van der Waals surface area contributed by atoms with E-state index in [-0.39, 0.29) is 12.3 Å². The van der Waals surface area contributed by atoms with E-state index < -0.39 is 53.3 Å². The minimum absolute atomic E-state index is 0.0454. The zero-order chi connectivity index (χ0) is 34.7. The Hall–Kier alpha value is -6.26. The fourth-order valence-electron chi connectivity index (χ4n) is 8.58. The second kappa shape index (κ2) is 12.0. The maximum absolute atomic E-state index is 15.0. The fourth-order valence-corrected chi connectivity index (χ4v) is 8.58. The van der Waals surface area contributed by atoms with Crippen molar-refractivity contribution in [1.82, 2.24) is 20.2 Å². The van der Waals surface area contributed by atoms with Gasteiger partial charge in [0.1, 0.15) is 29.1 Å². The number of imidazole rings is 1. The maximum Gasteiger partial charge on any atom is 0.324 e. The molecule has 51 heavy (non-hydrogen) atoms. The molecule has 10 nitrogen and oxygen atoms in total. The van der Waals surface area contributed by atoms with Crippen molar-refractivity contribution in [3.05, 3.63) is 162 Å². The lowest BCUT2D eigenvalue weighted by molar-refractivity contribution is -0.178. The fraction of sp³-hybridized carbons (Fsp3) is 0.171. The molecule has 10 heteroatoms. The summed E-state index contributed by atoms with van der Waals surface area (Å²) in [6, 6.07) is 38.3. The number of benzene rings is 5. The van der Waals surface area contributed by atoms with Crippen molar-refractivity contribution in [3.8, 4) is 5.75 Å². The van der Waals surface area contributed by atoms with Crippen LogP contribution in [0, 0.1) is 5.92 Å². The lowest BCUT2D eigenvalue weighted by Crippen LogP contribution is -2.54. The molecule has 4 N–H and O–H groups in total. The number of anilines is 1. The van der Waals surface area contributed by atoms with Crippen molar-refractivity contribution >= 4 is 34.5 Å². The Morgan fingerprint density at radius 2 is 1.45 bits per heavy atom. The van der Waals surface area contributed by atoms with E-state index in [1.165, 1.54) is 0 Å². The normalized spacial score (nSPS) is 25.3. The second-order valence-electron chi connectivity index (χ2n) is 13.3. The quantitative estimate of drug-likeness (QED) is 0.163. The number of phenolic OH excluding ortho intramolecular Hbond substituents is 1. The number of hydrogen-bond acceptors (Lipinski definition) is 7. The van der Waals surface area contributed by atoms with Crippen molar-refractivity contribution in [3.63, 3.8) is 0 Å². The first-order valence-corrected chi connectivity index (χ1v) is 16.9. The summed E-state index contributed by atoms with van der Waals surface area (Å²) in [5, 5.41) is 16.5. The summed E-state index contributed by atoms with van der Waals surface area (Å²) in [6.07, 6.45) is -0.758. The van der Waals surface area contributed by atoms with E-state index in [1.54, 1.807) is 24.3 Å². The zero-order valence-corrected chi connectivity index (χ0v) is 27.3. The molecule has 0 radical (unpaired) electrons. The molecule has 6 unspecified atom stereocenters. The maximum atomic E-state index is 15.0. The molecule has 9 rings (SSSR count). The second-order valence-corrected chi connectivity index (χ2v) is 13.3. The number of aromatic amines is 1. The first kappa shape index (κ1) is 30.8. The van der Waals surface area contributed by atoms with Gasteiger partial charge in [0.2, 0.25) is 11.8 Å². The largest absolute Gasteiger partial charge is 0.508 e. The molecule has 4 heterocycles. The molecule has 0 bridgehead atoms.